The molecule has 2 aromatic rings. The lowest BCUT2D eigenvalue weighted by atomic mass is 10.1. The van der Waals surface area contributed by atoms with Crippen LogP contribution in [0, 0.1) is 0 Å². The van der Waals surface area contributed by atoms with Gasteiger partial charge in [0, 0.05) is 7.05 Å². The number of sulfonamides is 1. The first-order valence-corrected chi connectivity index (χ1v) is 7.39. The largest absolute Gasteiger partial charge is 0.419 e. The minimum atomic E-state index is -3.80. The summed E-state index contributed by atoms with van der Waals surface area (Å²) >= 11 is 0. The molecular weight excluding hydrogens is 284 g/mol. The molecule has 1 aromatic carbocycles. The molecule has 8 heteroatoms. The van der Waals surface area contributed by atoms with Crippen molar-refractivity contribution in [3.8, 4) is 0 Å². The lowest BCUT2D eigenvalue weighted by molar-refractivity contribution is 0.208. The highest BCUT2D eigenvalue weighted by molar-refractivity contribution is 7.89. The molecule has 0 aliphatic rings. The second-order valence-electron chi connectivity index (χ2n) is 5.20. The molecule has 2 rings (SSSR count). The molecule has 110 valence electrons. The first kappa shape index (κ1) is 14.8. The number of oxazole rings is 1. The number of hydrogen-bond acceptors (Lipinski definition) is 5. The van der Waals surface area contributed by atoms with E-state index < -0.39 is 21.3 Å². The maximum Gasteiger partial charge on any atom is 0.419 e. The summed E-state index contributed by atoms with van der Waals surface area (Å²) in [5.41, 5.74) is -0.270. The Morgan fingerprint density at radius 2 is 2.05 bits per heavy atom. The lowest BCUT2D eigenvalue weighted by Gasteiger charge is -2.23. The van der Waals surface area contributed by atoms with Gasteiger partial charge in [0.2, 0.25) is 10.0 Å². The van der Waals surface area contributed by atoms with E-state index in [2.05, 4.69) is 4.72 Å². The summed E-state index contributed by atoms with van der Waals surface area (Å²) in [6.45, 7) is 2.80. The van der Waals surface area contributed by atoms with Gasteiger partial charge in [0.25, 0.3) is 0 Å². The van der Waals surface area contributed by atoms with E-state index in [0.717, 1.165) is 0 Å². The summed E-state index contributed by atoms with van der Waals surface area (Å²) < 4.78 is 33.0. The number of benzene rings is 1. The summed E-state index contributed by atoms with van der Waals surface area (Å²) in [6.07, 6.45) is 0. The predicted octanol–water partition coefficient (Wildman–Crippen LogP) is 0.181. The Bertz CT molecular complexity index is 801. The van der Waals surface area contributed by atoms with E-state index in [1.54, 1.807) is 13.8 Å². The minimum absolute atomic E-state index is 0.00271. The Hall–Kier alpha value is -1.64. The van der Waals surface area contributed by atoms with Crippen LogP contribution in [0.25, 0.3) is 11.1 Å². The van der Waals surface area contributed by atoms with Crippen LogP contribution >= 0.6 is 0 Å². The minimum Gasteiger partial charge on any atom is -0.408 e. The molecular formula is C12H16N2O5S. The Morgan fingerprint density at radius 3 is 2.65 bits per heavy atom. The first-order valence-electron chi connectivity index (χ1n) is 5.91. The van der Waals surface area contributed by atoms with Crippen LogP contribution in [0.4, 0.5) is 0 Å². The number of fused-ring (bicyclic) bond motifs is 1. The molecule has 0 saturated carbocycles. The zero-order valence-corrected chi connectivity index (χ0v) is 12.2. The van der Waals surface area contributed by atoms with Gasteiger partial charge in [0.1, 0.15) is 0 Å². The summed E-state index contributed by atoms with van der Waals surface area (Å²) in [6, 6.07) is 4.13. The van der Waals surface area contributed by atoms with Crippen LogP contribution in [-0.4, -0.2) is 30.2 Å². The van der Waals surface area contributed by atoms with Crippen LogP contribution in [0.5, 0.6) is 0 Å². The molecule has 0 saturated heterocycles. The van der Waals surface area contributed by atoms with Gasteiger partial charge in [0.15, 0.2) is 5.58 Å². The van der Waals surface area contributed by atoms with Crippen LogP contribution in [0.15, 0.2) is 32.3 Å². The average Bonchev–Trinajstić information content (AvgIpc) is 2.64. The Balaban J connectivity index is 2.52. The smallest absolute Gasteiger partial charge is 0.408 e. The fourth-order valence-electron chi connectivity index (χ4n) is 1.73. The quantitative estimate of drug-likeness (QED) is 0.838. The number of aliphatic hydroxyl groups is 1. The van der Waals surface area contributed by atoms with E-state index in [4.69, 9.17) is 9.52 Å². The van der Waals surface area contributed by atoms with Crippen LogP contribution < -0.4 is 10.5 Å². The van der Waals surface area contributed by atoms with Crippen LogP contribution in [-0.2, 0) is 17.1 Å². The molecule has 1 aromatic heterocycles. The van der Waals surface area contributed by atoms with Crippen molar-refractivity contribution < 1.29 is 17.9 Å². The van der Waals surface area contributed by atoms with E-state index in [-0.39, 0.29) is 11.5 Å². The lowest BCUT2D eigenvalue weighted by Crippen LogP contribution is -2.46. The molecule has 0 spiro atoms. The summed E-state index contributed by atoms with van der Waals surface area (Å²) in [4.78, 5) is 11.4. The molecule has 1 heterocycles. The zero-order valence-electron chi connectivity index (χ0n) is 11.4. The highest BCUT2D eigenvalue weighted by Gasteiger charge is 2.26. The number of nitrogens with one attached hydrogen (secondary N) is 1. The molecule has 7 nitrogen and oxygen atoms in total. The van der Waals surface area contributed by atoms with Crippen molar-refractivity contribution in [3.63, 3.8) is 0 Å². The van der Waals surface area contributed by atoms with E-state index in [1.165, 1.54) is 29.8 Å². The number of aryl methyl sites for hydroxylation is 1. The molecule has 20 heavy (non-hydrogen) atoms. The van der Waals surface area contributed by atoms with Gasteiger partial charge >= 0.3 is 5.76 Å². The van der Waals surface area contributed by atoms with Gasteiger partial charge < -0.3 is 9.52 Å². The monoisotopic (exact) mass is 300 g/mol. The normalized spacial score (nSPS) is 13.0. The summed E-state index contributed by atoms with van der Waals surface area (Å²) in [7, 11) is -2.30. The highest BCUT2D eigenvalue weighted by Crippen LogP contribution is 2.19. The molecule has 0 amide bonds. The first-order chi connectivity index (χ1) is 9.16. The number of aromatic nitrogens is 1. The third kappa shape index (κ3) is 2.62. The molecule has 0 fully saturated rings. The molecule has 0 aliphatic carbocycles. The SMILES string of the molecule is Cn1c(=O)oc2ccc(S(=O)(=O)NC(C)(C)CO)cc21. The van der Waals surface area contributed by atoms with Crippen molar-refractivity contribution in [1.29, 1.82) is 0 Å². The van der Waals surface area contributed by atoms with Crippen molar-refractivity contribution in [2.75, 3.05) is 6.61 Å². The predicted molar refractivity (Wildman–Crippen MR) is 72.9 cm³/mol. The number of rotatable bonds is 4. The van der Waals surface area contributed by atoms with Crippen molar-refractivity contribution in [2.45, 2.75) is 24.3 Å². The van der Waals surface area contributed by atoms with Gasteiger partial charge in [-0.2, -0.15) is 0 Å². The third-order valence-corrected chi connectivity index (χ3v) is 4.57. The maximum atomic E-state index is 12.2. The molecule has 0 radical (unpaired) electrons. The van der Waals surface area contributed by atoms with E-state index in [1.807, 2.05) is 0 Å². The van der Waals surface area contributed by atoms with Crippen LogP contribution in [0.3, 0.4) is 0 Å². The molecule has 0 unspecified atom stereocenters. The van der Waals surface area contributed by atoms with Crippen molar-refractivity contribution in [1.82, 2.24) is 9.29 Å². The average molecular weight is 300 g/mol. The van der Waals surface area contributed by atoms with Crippen LogP contribution in [0.2, 0.25) is 0 Å². The van der Waals surface area contributed by atoms with Crippen LogP contribution in [0.1, 0.15) is 13.8 Å². The van der Waals surface area contributed by atoms with Gasteiger partial charge in [-0.1, -0.05) is 0 Å². The van der Waals surface area contributed by atoms with E-state index in [0.29, 0.717) is 11.1 Å². The van der Waals surface area contributed by atoms with Crippen molar-refractivity contribution in [3.05, 3.63) is 28.7 Å². The highest BCUT2D eigenvalue weighted by atomic mass is 32.2. The topological polar surface area (TPSA) is 102 Å². The molecule has 2 N–H and O–H groups in total. The second-order valence-corrected chi connectivity index (χ2v) is 6.89. The Kier molecular flexibility index (Phi) is 3.49. The number of nitrogens with zero attached hydrogens (tertiary/aromatic N) is 1. The Labute approximate surface area is 115 Å². The maximum absolute atomic E-state index is 12.2. The van der Waals surface area contributed by atoms with Gasteiger partial charge in [-0.15, -0.1) is 0 Å². The van der Waals surface area contributed by atoms with Gasteiger partial charge in [-0.3, -0.25) is 4.57 Å². The molecule has 0 aliphatic heterocycles. The number of aliphatic hydroxyl groups excluding tert-OH is 1. The second kappa shape index (κ2) is 4.72. The van der Waals surface area contributed by atoms with Gasteiger partial charge in [-0.25, -0.2) is 17.9 Å². The fraction of sp³-hybridized carbons (Fsp3) is 0.417. The zero-order chi connectivity index (χ0) is 15.1. The molecule has 0 bridgehead atoms. The van der Waals surface area contributed by atoms with Crippen molar-refractivity contribution >= 4 is 21.1 Å². The fourth-order valence-corrected chi connectivity index (χ4v) is 3.15. The van der Waals surface area contributed by atoms with E-state index >= 15 is 0 Å². The van der Waals surface area contributed by atoms with E-state index in [9.17, 15) is 13.2 Å². The van der Waals surface area contributed by atoms with Crippen molar-refractivity contribution in [2.24, 2.45) is 7.05 Å². The molecule has 0 atom stereocenters. The summed E-state index contributed by atoms with van der Waals surface area (Å²) in [5.74, 6) is -0.557. The van der Waals surface area contributed by atoms with Gasteiger partial charge in [-0.05, 0) is 32.0 Å². The number of hydrogen-bond donors (Lipinski definition) is 2. The Morgan fingerprint density at radius 1 is 1.40 bits per heavy atom. The van der Waals surface area contributed by atoms with Gasteiger partial charge in [0.05, 0.1) is 22.6 Å². The standard InChI is InChI=1S/C12H16N2O5S/c1-12(2,7-15)13-20(17,18)8-4-5-10-9(6-8)14(3)11(16)19-10/h4-6,13,15H,7H2,1-3H3. The summed E-state index contributed by atoms with van der Waals surface area (Å²) in [5, 5.41) is 9.14. The third-order valence-electron chi connectivity index (χ3n) is 2.88.